The Hall–Kier alpha value is -2.99. The van der Waals surface area contributed by atoms with Gasteiger partial charge in [0.2, 0.25) is 5.91 Å². The van der Waals surface area contributed by atoms with Crippen LogP contribution in [-0.4, -0.2) is 150 Å². The third-order valence-corrected chi connectivity index (χ3v) is 7.68. The molecule has 12 atom stereocenters. The summed E-state index contributed by atoms with van der Waals surface area (Å²) in [6.45, 7) is -2.95. The molecule has 3 heterocycles. The molecule has 0 bridgehead atoms. The number of azide groups is 1. The van der Waals surface area contributed by atoms with E-state index in [0.29, 0.717) is 0 Å². The second-order valence-corrected chi connectivity index (χ2v) is 11.1. The van der Waals surface area contributed by atoms with Crippen molar-refractivity contribution in [3.8, 4) is 0 Å². The fourth-order valence-electron chi connectivity index (χ4n) is 4.51. The van der Waals surface area contributed by atoms with Crippen LogP contribution in [0.4, 0.5) is 4.79 Å². The maximum absolute atomic E-state index is 12.9. The summed E-state index contributed by atoms with van der Waals surface area (Å²) in [6.07, 6.45) is -14.6. The Labute approximate surface area is 246 Å². The Bertz CT molecular complexity index is 1210. The Morgan fingerprint density at radius 2 is 2.02 bits per heavy atom. The van der Waals surface area contributed by atoms with Gasteiger partial charge >= 0.3 is 19.8 Å². The van der Waals surface area contributed by atoms with Gasteiger partial charge in [0.1, 0.15) is 43.2 Å². The van der Waals surface area contributed by atoms with E-state index in [4.69, 9.17) is 29.8 Å². The Morgan fingerprint density at radius 3 is 2.61 bits per heavy atom. The van der Waals surface area contributed by atoms with Crippen molar-refractivity contribution in [3.63, 3.8) is 0 Å². The molecule has 3 aliphatic heterocycles. The standard InChI is InChI=1S/C20H32N7O16P/c21-10-1-2-27(19(37)24-10)17-15(34)14(33)9(41-17)6-40-44(38,39)43-20(18(35)36)3-7(29)12(25-11(31)4-23-26-22)16(42-20)13(32)8(30)5-28/h1-2,7-10,12-17,28-30,32-34H,3-6,21H2,(H,24,37)(H,25,31)(H,35,36)(H,38,39)/t7-,8+,9+,10?,12+,13+,14+,15+,16+,17+,20+/m0/s1. The van der Waals surface area contributed by atoms with E-state index in [1.165, 1.54) is 12.3 Å². The molecule has 3 amide bonds. The summed E-state index contributed by atoms with van der Waals surface area (Å²) >= 11 is 0. The van der Waals surface area contributed by atoms with E-state index >= 15 is 0 Å². The average molecular weight is 657 g/mol. The lowest BCUT2D eigenvalue weighted by molar-refractivity contribution is -0.289. The van der Waals surface area contributed by atoms with Crippen LogP contribution in [0.1, 0.15) is 6.42 Å². The van der Waals surface area contributed by atoms with Gasteiger partial charge < -0.3 is 66.5 Å². The van der Waals surface area contributed by atoms with Crippen LogP contribution in [0, 0.1) is 0 Å². The van der Waals surface area contributed by atoms with Crippen LogP contribution in [0.2, 0.25) is 0 Å². The zero-order valence-electron chi connectivity index (χ0n) is 22.4. The number of nitrogens with zero attached hydrogens (tertiary/aromatic N) is 4. The predicted molar refractivity (Wildman–Crippen MR) is 136 cm³/mol. The molecule has 248 valence electrons. The van der Waals surface area contributed by atoms with Crippen LogP contribution in [0.3, 0.4) is 0 Å². The van der Waals surface area contributed by atoms with Crippen LogP contribution in [0.25, 0.3) is 10.4 Å². The summed E-state index contributed by atoms with van der Waals surface area (Å²) < 4.78 is 33.1. The van der Waals surface area contributed by atoms with Crippen molar-refractivity contribution in [2.24, 2.45) is 10.8 Å². The van der Waals surface area contributed by atoms with Crippen molar-refractivity contribution in [2.75, 3.05) is 19.8 Å². The van der Waals surface area contributed by atoms with Crippen molar-refractivity contribution in [3.05, 3.63) is 22.7 Å². The van der Waals surface area contributed by atoms with Gasteiger partial charge in [0.05, 0.1) is 31.5 Å². The first-order chi connectivity index (χ1) is 20.6. The van der Waals surface area contributed by atoms with Crippen LogP contribution in [0.5, 0.6) is 0 Å². The minimum absolute atomic E-state index is 0.803. The molecule has 0 aromatic rings. The predicted octanol–water partition coefficient (Wildman–Crippen LogP) is -5.17. The van der Waals surface area contributed by atoms with Crippen LogP contribution >= 0.6 is 7.82 Å². The highest BCUT2D eigenvalue weighted by Gasteiger charge is 2.59. The van der Waals surface area contributed by atoms with Gasteiger partial charge in [-0.05, 0) is 11.6 Å². The van der Waals surface area contributed by atoms with E-state index in [9.17, 15) is 59.6 Å². The van der Waals surface area contributed by atoms with Gasteiger partial charge in [0.25, 0.3) is 5.79 Å². The molecule has 0 spiro atoms. The van der Waals surface area contributed by atoms with Crippen molar-refractivity contribution in [2.45, 2.75) is 73.4 Å². The minimum atomic E-state index is -5.58. The number of amides is 3. The molecule has 0 radical (unpaired) electrons. The van der Waals surface area contributed by atoms with Crippen LogP contribution in [0.15, 0.2) is 17.4 Å². The van der Waals surface area contributed by atoms with E-state index in [1.807, 2.05) is 0 Å². The lowest BCUT2D eigenvalue weighted by atomic mass is 9.88. The van der Waals surface area contributed by atoms with Gasteiger partial charge in [-0.2, -0.15) is 0 Å². The van der Waals surface area contributed by atoms with E-state index in [1.54, 1.807) is 0 Å². The molecule has 0 saturated carbocycles. The van der Waals surface area contributed by atoms with Crippen LogP contribution < -0.4 is 16.4 Å². The van der Waals surface area contributed by atoms with Gasteiger partial charge in [-0.3, -0.25) is 14.2 Å². The normalized spacial score (nSPS) is 36.5. The van der Waals surface area contributed by atoms with Gasteiger partial charge in [-0.25, -0.2) is 18.7 Å². The van der Waals surface area contributed by atoms with E-state index in [-0.39, 0.29) is 0 Å². The number of aliphatic hydroxyl groups excluding tert-OH is 6. The molecule has 12 N–H and O–H groups in total. The number of nitrogens with one attached hydrogen (secondary N) is 2. The number of carbonyl (C=O) groups is 3. The quantitative estimate of drug-likeness (QED) is 0.0381. The Morgan fingerprint density at radius 1 is 1.34 bits per heavy atom. The summed E-state index contributed by atoms with van der Waals surface area (Å²) in [5.41, 5.74) is 13.9. The summed E-state index contributed by atoms with van der Waals surface area (Å²) in [5.74, 6) is -6.47. The van der Waals surface area contributed by atoms with E-state index in [2.05, 4.69) is 20.7 Å². The lowest BCUT2D eigenvalue weighted by Crippen LogP contribution is -2.68. The fourth-order valence-corrected chi connectivity index (χ4v) is 5.46. The molecule has 0 aromatic heterocycles. The molecule has 3 rings (SSSR count). The van der Waals surface area contributed by atoms with Crippen molar-refractivity contribution in [1.29, 1.82) is 0 Å². The number of ether oxygens (including phenoxy) is 2. The number of carboxylic acid groups (broad SMARTS) is 1. The molecule has 24 heteroatoms. The molecule has 0 aromatic carbocycles. The van der Waals surface area contributed by atoms with Crippen LogP contribution in [-0.2, 0) is 32.7 Å². The maximum Gasteiger partial charge on any atom is 0.475 e. The summed E-state index contributed by atoms with van der Waals surface area (Å²) in [6, 6.07) is -2.54. The molecular formula is C20H32N7O16P. The maximum atomic E-state index is 12.9. The number of nitrogens with two attached hydrogens (primary N) is 1. The monoisotopic (exact) mass is 657 g/mol. The molecular weight excluding hydrogens is 625 g/mol. The average Bonchev–Trinajstić information content (AvgIpc) is 3.23. The largest absolute Gasteiger partial charge is 0.477 e. The second-order valence-electron chi connectivity index (χ2n) is 9.76. The number of phosphoric acid groups is 1. The fraction of sp³-hybridized carbons (Fsp3) is 0.750. The molecule has 0 aliphatic carbocycles. The van der Waals surface area contributed by atoms with Crippen molar-refractivity contribution >= 4 is 25.7 Å². The highest BCUT2D eigenvalue weighted by atomic mass is 31.2. The number of aliphatic hydroxyl groups is 6. The Balaban J connectivity index is 1.77. The summed E-state index contributed by atoms with van der Waals surface area (Å²) in [7, 11) is -5.58. The number of urea groups is 1. The van der Waals surface area contributed by atoms with Crippen molar-refractivity contribution in [1.82, 2.24) is 15.5 Å². The van der Waals surface area contributed by atoms with Gasteiger partial charge in [0.15, 0.2) is 6.23 Å². The number of phosphoric ester groups is 1. The van der Waals surface area contributed by atoms with Gasteiger partial charge in [-0.1, -0.05) is 5.11 Å². The zero-order valence-corrected chi connectivity index (χ0v) is 23.3. The first kappa shape index (κ1) is 35.5. The topological polar surface area (TPSA) is 369 Å². The highest BCUT2D eigenvalue weighted by Crippen LogP contribution is 2.51. The zero-order chi connectivity index (χ0) is 33.0. The molecule has 23 nitrogen and oxygen atoms in total. The number of hydrogen-bond donors (Lipinski definition) is 11. The minimum Gasteiger partial charge on any atom is -0.477 e. The third-order valence-electron chi connectivity index (χ3n) is 6.68. The first-order valence-electron chi connectivity index (χ1n) is 12.6. The van der Waals surface area contributed by atoms with Crippen molar-refractivity contribution < 1.29 is 78.1 Å². The van der Waals surface area contributed by atoms with Gasteiger partial charge in [0, 0.05) is 17.5 Å². The molecule has 2 saturated heterocycles. The highest BCUT2D eigenvalue weighted by molar-refractivity contribution is 7.47. The molecule has 3 aliphatic rings. The molecule has 2 fully saturated rings. The molecule has 2 unspecified atom stereocenters. The third kappa shape index (κ3) is 7.99. The van der Waals surface area contributed by atoms with E-state index < -0.39 is 119 Å². The first-order valence-corrected chi connectivity index (χ1v) is 14.1. The molecule has 44 heavy (non-hydrogen) atoms. The number of hydrogen-bond acceptors (Lipinski definition) is 16. The number of rotatable bonds is 13. The number of carboxylic acids is 1. The van der Waals surface area contributed by atoms with E-state index in [0.717, 1.165) is 4.90 Å². The van der Waals surface area contributed by atoms with Gasteiger partial charge in [-0.15, -0.1) is 0 Å². The number of aliphatic carboxylic acids is 1. The lowest BCUT2D eigenvalue weighted by Gasteiger charge is -2.46. The second kappa shape index (κ2) is 14.4. The summed E-state index contributed by atoms with van der Waals surface area (Å²) in [4.78, 5) is 50.1. The Kier molecular flexibility index (Phi) is 11.6. The smallest absolute Gasteiger partial charge is 0.475 e. The number of carbonyl (C=O) groups excluding carboxylic acids is 2. The SMILES string of the molecule is [N-]=[N+]=NCC(=O)N[C@H]1[C@H]([C@H](O)[C@H](O)CO)O[C@](OP(=O)(O)OC[C@H]2O[C@@H](N3C=CC(N)NC3=O)[C@H](O)[C@@H]2O)(C(=O)O)C[C@@H]1O. The summed E-state index contributed by atoms with van der Waals surface area (Å²) in [5, 5.41) is 78.4.